The van der Waals surface area contributed by atoms with Gasteiger partial charge in [-0.2, -0.15) is 0 Å². The van der Waals surface area contributed by atoms with Gasteiger partial charge in [-0.1, -0.05) is 38.8 Å². The van der Waals surface area contributed by atoms with Crippen molar-refractivity contribution in [3.63, 3.8) is 0 Å². The van der Waals surface area contributed by atoms with E-state index in [1.807, 2.05) is 6.92 Å². The van der Waals surface area contributed by atoms with Gasteiger partial charge in [0, 0.05) is 6.04 Å². The van der Waals surface area contributed by atoms with Crippen LogP contribution in [-0.2, 0) is 14.3 Å². The number of carboxylic acid groups (broad SMARTS) is 1. The van der Waals surface area contributed by atoms with E-state index in [0.29, 0.717) is 5.92 Å². The molecule has 0 saturated carbocycles. The number of nitrogens with one attached hydrogen (secondary N) is 1. The van der Waals surface area contributed by atoms with Crippen molar-refractivity contribution in [2.24, 2.45) is 17.8 Å². The second kappa shape index (κ2) is 6.60. The largest absolute Gasteiger partial charge is 0.481 e. The van der Waals surface area contributed by atoms with Gasteiger partial charge >= 0.3 is 5.97 Å². The molecular formula is C16H25NO4. The number of hydrogen-bond donors (Lipinski definition) is 2. The number of carbonyl (C=O) groups excluding carboxylic acids is 1. The van der Waals surface area contributed by atoms with E-state index in [0.717, 1.165) is 19.3 Å². The van der Waals surface area contributed by atoms with Gasteiger partial charge in [0.15, 0.2) is 0 Å². The van der Waals surface area contributed by atoms with E-state index in [9.17, 15) is 14.7 Å². The Morgan fingerprint density at radius 3 is 2.33 bits per heavy atom. The maximum absolute atomic E-state index is 12.4. The fourth-order valence-electron chi connectivity index (χ4n) is 3.16. The summed E-state index contributed by atoms with van der Waals surface area (Å²) in [6.45, 7) is 6.33. The molecule has 2 aliphatic heterocycles. The fraction of sp³-hybridized carbons (Fsp3) is 0.750. The average molecular weight is 295 g/mol. The highest BCUT2D eigenvalue weighted by Crippen LogP contribution is 2.39. The highest BCUT2D eigenvalue weighted by atomic mass is 16.5. The molecule has 0 spiro atoms. The first-order valence-electron chi connectivity index (χ1n) is 7.77. The molecule has 1 fully saturated rings. The van der Waals surface area contributed by atoms with Gasteiger partial charge in [0.1, 0.15) is 5.92 Å². The molecule has 2 aliphatic rings. The quantitative estimate of drug-likeness (QED) is 0.704. The van der Waals surface area contributed by atoms with Crippen LogP contribution in [0.1, 0.15) is 40.0 Å². The molecule has 5 nitrogen and oxygen atoms in total. The van der Waals surface area contributed by atoms with Gasteiger partial charge in [-0.05, 0) is 19.3 Å². The molecule has 2 rings (SSSR count). The average Bonchev–Trinajstić information content (AvgIpc) is 2.97. The van der Waals surface area contributed by atoms with Crippen molar-refractivity contribution < 1.29 is 19.4 Å². The normalized spacial score (nSPS) is 31.6. The number of amides is 1. The van der Waals surface area contributed by atoms with Crippen LogP contribution in [0.15, 0.2) is 12.2 Å². The highest BCUT2D eigenvalue weighted by molar-refractivity contribution is 5.87. The van der Waals surface area contributed by atoms with Gasteiger partial charge in [0.05, 0.1) is 18.1 Å². The maximum Gasteiger partial charge on any atom is 0.310 e. The minimum absolute atomic E-state index is 0.0637. The molecule has 1 saturated heterocycles. The highest BCUT2D eigenvalue weighted by Gasteiger charge is 2.53. The van der Waals surface area contributed by atoms with Crippen LogP contribution < -0.4 is 5.32 Å². The number of rotatable bonds is 7. The van der Waals surface area contributed by atoms with E-state index in [1.165, 1.54) is 0 Å². The Kier molecular flexibility index (Phi) is 5.04. The Hall–Kier alpha value is -1.36. The summed E-state index contributed by atoms with van der Waals surface area (Å²) in [7, 11) is 0. The summed E-state index contributed by atoms with van der Waals surface area (Å²) < 4.78 is 5.52. The zero-order valence-electron chi connectivity index (χ0n) is 12.9. The molecule has 2 N–H and O–H groups in total. The lowest BCUT2D eigenvalue weighted by atomic mass is 9.82. The van der Waals surface area contributed by atoms with Crippen molar-refractivity contribution in [1.29, 1.82) is 0 Å². The Morgan fingerprint density at radius 1 is 1.14 bits per heavy atom. The lowest BCUT2D eigenvalue weighted by molar-refractivity contribution is -0.146. The van der Waals surface area contributed by atoms with Gasteiger partial charge in [0.25, 0.3) is 0 Å². The second-order valence-corrected chi connectivity index (χ2v) is 6.57. The van der Waals surface area contributed by atoms with Crippen LogP contribution in [-0.4, -0.2) is 35.2 Å². The number of aliphatic carboxylic acids is 1. The third-order valence-corrected chi connectivity index (χ3v) is 4.29. The molecule has 0 unspecified atom stereocenters. The first kappa shape index (κ1) is 16.0. The van der Waals surface area contributed by atoms with Gasteiger partial charge in [-0.3, -0.25) is 9.59 Å². The molecule has 0 aliphatic carbocycles. The molecule has 0 aromatic heterocycles. The minimum Gasteiger partial charge on any atom is -0.481 e. The van der Waals surface area contributed by atoms with Crippen LogP contribution in [0.5, 0.6) is 0 Å². The van der Waals surface area contributed by atoms with Crippen molar-refractivity contribution in [2.45, 2.75) is 58.3 Å². The van der Waals surface area contributed by atoms with Gasteiger partial charge in [0.2, 0.25) is 5.91 Å². The van der Waals surface area contributed by atoms with E-state index in [-0.39, 0.29) is 18.1 Å². The molecule has 118 valence electrons. The summed E-state index contributed by atoms with van der Waals surface area (Å²) in [5.74, 6) is -1.86. The van der Waals surface area contributed by atoms with E-state index < -0.39 is 23.9 Å². The number of ether oxygens (including phenoxy) is 1. The molecule has 0 radical (unpaired) electrons. The lowest BCUT2D eigenvalue weighted by Gasteiger charge is -2.23. The summed E-state index contributed by atoms with van der Waals surface area (Å²) in [6, 6.07) is 0.0637. The molecule has 0 aromatic rings. The summed E-state index contributed by atoms with van der Waals surface area (Å²) in [5.41, 5.74) is 0. The molecule has 1 amide bonds. The predicted molar refractivity (Wildman–Crippen MR) is 78.7 cm³/mol. The van der Waals surface area contributed by atoms with Gasteiger partial charge in [-0.25, -0.2) is 0 Å². The summed E-state index contributed by atoms with van der Waals surface area (Å²) in [5, 5.41) is 12.2. The Morgan fingerprint density at radius 2 is 1.76 bits per heavy atom. The summed E-state index contributed by atoms with van der Waals surface area (Å²) in [6.07, 6.45) is 5.82. The second-order valence-electron chi connectivity index (χ2n) is 6.57. The zero-order valence-corrected chi connectivity index (χ0v) is 12.9. The van der Waals surface area contributed by atoms with E-state index in [2.05, 4.69) is 19.2 Å². The standard InChI is InChI=1S/C16H25NO4/c1-9(2)5-4-6-10(3)17-15(18)13-11-7-8-12(21-11)14(13)16(19)20/h7-14H,4-6H2,1-3H3,(H,17,18)(H,19,20)/t10-,11-,12+,13-,14-/m0/s1. The predicted octanol–water partition coefficient (Wildman–Crippen LogP) is 1.97. The van der Waals surface area contributed by atoms with Crippen molar-refractivity contribution >= 4 is 11.9 Å². The summed E-state index contributed by atoms with van der Waals surface area (Å²) in [4.78, 5) is 23.7. The maximum atomic E-state index is 12.4. The van der Waals surface area contributed by atoms with Crippen LogP contribution >= 0.6 is 0 Å². The van der Waals surface area contributed by atoms with Crippen LogP contribution in [0.4, 0.5) is 0 Å². The van der Waals surface area contributed by atoms with Gasteiger partial charge in [-0.15, -0.1) is 0 Å². The van der Waals surface area contributed by atoms with Crippen LogP contribution in [0.3, 0.4) is 0 Å². The molecule has 21 heavy (non-hydrogen) atoms. The van der Waals surface area contributed by atoms with Crippen molar-refractivity contribution in [2.75, 3.05) is 0 Å². The third-order valence-electron chi connectivity index (χ3n) is 4.29. The Balaban J connectivity index is 1.88. The van der Waals surface area contributed by atoms with E-state index >= 15 is 0 Å². The smallest absolute Gasteiger partial charge is 0.310 e. The monoisotopic (exact) mass is 295 g/mol. The minimum atomic E-state index is -0.959. The first-order chi connectivity index (χ1) is 9.90. The van der Waals surface area contributed by atoms with Crippen LogP contribution in [0.2, 0.25) is 0 Å². The molecular weight excluding hydrogens is 270 g/mol. The summed E-state index contributed by atoms with van der Waals surface area (Å²) >= 11 is 0. The lowest BCUT2D eigenvalue weighted by Crippen LogP contribution is -2.45. The van der Waals surface area contributed by atoms with Gasteiger partial charge < -0.3 is 15.2 Å². The fourth-order valence-corrected chi connectivity index (χ4v) is 3.16. The first-order valence-corrected chi connectivity index (χ1v) is 7.77. The van der Waals surface area contributed by atoms with E-state index in [4.69, 9.17) is 4.74 Å². The van der Waals surface area contributed by atoms with Crippen LogP contribution in [0.25, 0.3) is 0 Å². The number of hydrogen-bond acceptors (Lipinski definition) is 3. The van der Waals surface area contributed by atoms with Crippen molar-refractivity contribution in [3.8, 4) is 0 Å². The molecule has 5 heteroatoms. The molecule has 2 heterocycles. The van der Waals surface area contributed by atoms with Crippen molar-refractivity contribution in [3.05, 3.63) is 12.2 Å². The number of fused-ring (bicyclic) bond motifs is 2. The van der Waals surface area contributed by atoms with Crippen LogP contribution in [0, 0.1) is 17.8 Å². The Bertz CT molecular complexity index is 432. The SMILES string of the molecule is CC(C)CCC[C@H](C)NC(=O)[C@@H]1[C@@H](C(=O)O)[C@H]2C=C[C@@H]1O2. The molecule has 0 aromatic carbocycles. The number of carbonyl (C=O) groups is 2. The Labute approximate surface area is 125 Å². The zero-order chi connectivity index (χ0) is 15.6. The molecule has 5 atom stereocenters. The molecule has 2 bridgehead atoms. The topological polar surface area (TPSA) is 75.6 Å². The number of carboxylic acids is 1. The third kappa shape index (κ3) is 3.64. The van der Waals surface area contributed by atoms with E-state index in [1.54, 1.807) is 12.2 Å². The van der Waals surface area contributed by atoms with Crippen molar-refractivity contribution in [1.82, 2.24) is 5.32 Å².